The number of hydrogen-bond acceptors (Lipinski definition) is 0. The number of unbranched alkanes of at least 4 members (excludes halogenated alkanes) is 2. The zero-order valence-corrected chi connectivity index (χ0v) is 16.9. The second kappa shape index (κ2) is 8.98. The van der Waals surface area contributed by atoms with Crippen molar-refractivity contribution >= 4 is 10.8 Å². The molecule has 0 amide bonds. The van der Waals surface area contributed by atoms with Gasteiger partial charge in [0.1, 0.15) is 5.82 Å². The fraction of sp³-hybridized carbons (Fsp3) is 0.360. The van der Waals surface area contributed by atoms with Crippen LogP contribution in [-0.2, 0) is 19.0 Å². The summed E-state index contributed by atoms with van der Waals surface area (Å²) >= 11 is 0. The Balaban J connectivity index is 2.27. The number of hydrogen-bond donors (Lipinski definition) is 0. The van der Waals surface area contributed by atoms with E-state index in [9.17, 15) is 13.2 Å². The average Bonchev–Trinajstić information content (AvgIpc) is 2.71. The molecule has 0 radical (unpaired) electrons. The van der Waals surface area contributed by atoms with E-state index in [-0.39, 0.29) is 5.82 Å². The molecular weight excluding hydrogens is 376 g/mol. The van der Waals surface area contributed by atoms with E-state index in [4.69, 9.17) is 0 Å². The fourth-order valence-corrected chi connectivity index (χ4v) is 3.91. The lowest BCUT2D eigenvalue weighted by Crippen LogP contribution is -2.06. The molecule has 3 rings (SSSR count). The van der Waals surface area contributed by atoms with Gasteiger partial charge < -0.3 is 0 Å². The summed E-state index contributed by atoms with van der Waals surface area (Å²) in [5.74, 6) is -0.341. The van der Waals surface area contributed by atoms with Crippen molar-refractivity contribution in [1.29, 1.82) is 0 Å². The summed E-state index contributed by atoms with van der Waals surface area (Å²) in [6, 6.07) is 12.3. The Bertz CT molecular complexity index is 969. The molecule has 3 aromatic rings. The minimum Gasteiger partial charge on any atom is -0.206 e. The van der Waals surface area contributed by atoms with E-state index < -0.39 is 11.7 Å². The zero-order valence-electron chi connectivity index (χ0n) is 16.9. The van der Waals surface area contributed by atoms with E-state index in [2.05, 4.69) is 13.8 Å². The van der Waals surface area contributed by atoms with E-state index in [0.29, 0.717) is 22.9 Å². The summed E-state index contributed by atoms with van der Waals surface area (Å²) in [6.45, 7) is 4.20. The van der Waals surface area contributed by atoms with E-state index in [1.807, 2.05) is 12.1 Å². The molecule has 29 heavy (non-hydrogen) atoms. The molecule has 3 aromatic carbocycles. The molecule has 0 bridgehead atoms. The highest BCUT2D eigenvalue weighted by molar-refractivity contribution is 5.93. The third kappa shape index (κ3) is 4.47. The first-order chi connectivity index (χ1) is 13.9. The summed E-state index contributed by atoms with van der Waals surface area (Å²) in [4.78, 5) is 0. The first kappa shape index (κ1) is 21.4. The van der Waals surface area contributed by atoms with Crippen molar-refractivity contribution < 1.29 is 17.6 Å². The molecule has 0 aromatic heterocycles. The van der Waals surface area contributed by atoms with E-state index in [1.165, 1.54) is 12.1 Å². The molecule has 0 aliphatic heterocycles. The van der Waals surface area contributed by atoms with Crippen molar-refractivity contribution in [3.8, 4) is 11.1 Å². The molecule has 0 saturated carbocycles. The average molecular weight is 402 g/mol. The van der Waals surface area contributed by atoms with Crippen LogP contribution in [0.25, 0.3) is 21.9 Å². The number of aryl methyl sites for hydroxylation is 1. The smallest absolute Gasteiger partial charge is 0.206 e. The third-order valence-corrected chi connectivity index (χ3v) is 5.44. The Labute approximate surface area is 169 Å². The van der Waals surface area contributed by atoms with Crippen LogP contribution in [0.3, 0.4) is 0 Å². The van der Waals surface area contributed by atoms with Crippen molar-refractivity contribution in [2.75, 3.05) is 0 Å². The topological polar surface area (TPSA) is 0 Å². The summed E-state index contributed by atoms with van der Waals surface area (Å²) in [5, 5.41) is 1.45. The summed E-state index contributed by atoms with van der Waals surface area (Å²) in [6.07, 6.45) is 1.03. The van der Waals surface area contributed by atoms with Crippen LogP contribution < -0.4 is 0 Å². The number of benzene rings is 3. The highest BCUT2D eigenvalue weighted by Crippen LogP contribution is 2.39. The zero-order chi connectivity index (χ0) is 21.0. The van der Waals surface area contributed by atoms with Crippen molar-refractivity contribution in [3.05, 3.63) is 71.0 Å². The van der Waals surface area contributed by atoms with Crippen molar-refractivity contribution in [3.63, 3.8) is 0 Å². The maximum absolute atomic E-state index is 15.7. The lowest BCUT2D eigenvalue weighted by Gasteiger charge is -2.20. The van der Waals surface area contributed by atoms with Crippen LogP contribution in [0.4, 0.5) is 17.6 Å². The van der Waals surface area contributed by atoms with Gasteiger partial charge in [0.2, 0.25) is 0 Å². The van der Waals surface area contributed by atoms with Crippen LogP contribution in [0, 0.1) is 5.82 Å². The van der Waals surface area contributed by atoms with Gasteiger partial charge in [0.15, 0.2) is 0 Å². The summed E-state index contributed by atoms with van der Waals surface area (Å²) in [5.41, 5.74) is 2.31. The highest BCUT2D eigenvalue weighted by Gasteiger charge is 2.30. The molecule has 0 nitrogen and oxygen atoms in total. The van der Waals surface area contributed by atoms with Gasteiger partial charge in [0.05, 0.1) is 5.56 Å². The number of alkyl halides is 3. The lowest BCUT2D eigenvalue weighted by atomic mass is 9.85. The Hall–Kier alpha value is -2.36. The van der Waals surface area contributed by atoms with Crippen LogP contribution in [0.15, 0.2) is 48.5 Å². The largest absolute Gasteiger partial charge is 0.416 e. The van der Waals surface area contributed by atoms with Gasteiger partial charge in [-0.1, -0.05) is 63.1 Å². The fourth-order valence-electron chi connectivity index (χ4n) is 3.91. The molecule has 0 spiro atoms. The standard InChI is InChI=1S/C25H26F4/c1-3-5-9-19-20-11-7-8-12-22(20)24(26)23(21(19)10-6-4-2)17-13-15-18(16-14-17)25(27,28)29/h7-8,11-16H,3-6,9-10H2,1-2H3. The minimum atomic E-state index is -4.40. The predicted molar refractivity (Wildman–Crippen MR) is 112 cm³/mol. The van der Waals surface area contributed by atoms with Crippen molar-refractivity contribution in [2.24, 2.45) is 0 Å². The Morgan fingerprint density at radius 3 is 1.83 bits per heavy atom. The number of rotatable bonds is 7. The van der Waals surface area contributed by atoms with Gasteiger partial charge >= 0.3 is 6.18 Å². The molecule has 0 N–H and O–H groups in total. The molecule has 0 unspecified atom stereocenters. The second-order valence-corrected chi connectivity index (χ2v) is 7.47. The third-order valence-electron chi connectivity index (χ3n) is 5.44. The molecular formula is C25H26F4. The summed E-state index contributed by atoms with van der Waals surface area (Å²) in [7, 11) is 0. The first-order valence-electron chi connectivity index (χ1n) is 10.3. The van der Waals surface area contributed by atoms with E-state index in [0.717, 1.165) is 60.7 Å². The van der Waals surface area contributed by atoms with Crippen molar-refractivity contribution in [1.82, 2.24) is 0 Å². The molecule has 0 fully saturated rings. The molecule has 0 saturated heterocycles. The van der Waals surface area contributed by atoms with E-state index >= 15 is 4.39 Å². The summed E-state index contributed by atoms with van der Waals surface area (Å²) < 4.78 is 54.6. The van der Waals surface area contributed by atoms with Gasteiger partial charge in [0.25, 0.3) is 0 Å². The SMILES string of the molecule is CCCCc1c(-c2ccc(C(F)(F)F)cc2)c(F)c2ccccc2c1CCCC. The highest BCUT2D eigenvalue weighted by atomic mass is 19.4. The van der Waals surface area contributed by atoms with Gasteiger partial charge in [-0.25, -0.2) is 4.39 Å². The minimum absolute atomic E-state index is 0.341. The molecule has 0 aliphatic rings. The van der Waals surface area contributed by atoms with Crippen molar-refractivity contribution in [2.45, 2.75) is 58.5 Å². The quantitative estimate of drug-likeness (QED) is 0.348. The van der Waals surface area contributed by atoms with E-state index in [1.54, 1.807) is 12.1 Å². The van der Waals surface area contributed by atoms with Gasteiger partial charge in [-0.05, 0) is 59.9 Å². The molecule has 0 heterocycles. The van der Waals surface area contributed by atoms with Crippen LogP contribution in [0.2, 0.25) is 0 Å². The van der Waals surface area contributed by atoms with Gasteiger partial charge in [0, 0.05) is 10.9 Å². The molecule has 154 valence electrons. The molecule has 0 aliphatic carbocycles. The predicted octanol–water partition coefficient (Wildman–Crippen LogP) is 8.35. The second-order valence-electron chi connectivity index (χ2n) is 7.47. The Morgan fingerprint density at radius 2 is 1.28 bits per heavy atom. The maximum Gasteiger partial charge on any atom is 0.416 e. The van der Waals surface area contributed by atoms with Crippen LogP contribution >= 0.6 is 0 Å². The van der Waals surface area contributed by atoms with Gasteiger partial charge in [-0.2, -0.15) is 13.2 Å². The van der Waals surface area contributed by atoms with Gasteiger partial charge in [-0.3, -0.25) is 0 Å². The lowest BCUT2D eigenvalue weighted by molar-refractivity contribution is -0.137. The van der Waals surface area contributed by atoms with Gasteiger partial charge in [-0.15, -0.1) is 0 Å². The van der Waals surface area contributed by atoms with Crippen LogP contribution in [0.1, 0.15) is 56.2 Å². The first-order valence-corrected chi connectivity index (χ1v) is 10.3. The Kier molecular flexibility index (Phi) is 6.61. The van der Waals surface area contributed by atoms with Crippen LogP contribution in [0.5, 0.6) is 0 Å². The maximum atomic E-state index is 15.7. The van der Waals surface area contributed by atoms with Crippen LogP contribution in [-0.4, -0.2) is 0 Å². The Morgan fingerprint density at radius 1 is 0.724 bits per heavy atom. The molecule has 0 atom stereocenters. The number of halogens is 4. The normalized spacial score (nSPS) is 11.9. The molecule has 4 heteroatoms. The number of fused-ring (bicyclic) bond motifs is 1. The monoisotopic (exact) mass is 402 g/mol.